The first-order valence-electron chi connectivity index (χ1n) is 5.43. The highest BCUT2D eigenvalue weighted by molar-refractivity contribution is 5.36. The summed E-state index contributed by atoms with van der Waals surface area (Å²) in [7, 11) is 0. The Kier molecular flexibility index (Phi) is 2.69. The summed E-state index contributed by atoms with van der Waals surface area (Å²) >= 11 is 0. The fourth-order valence-corrected chi connectivity index (χ4v) is 1.94. The fourth-order valence-electron chi connectivity index (χ4n) is 1.94. The van der Waals surface area contributed by atoms with Crippen molar-refractivity contribution in [3.8, 4) is 0 Å². The van der Waals surface area contributed by atoms with Crippen LogP contribution in [0.5, 0.6) is 0 Å². The van der Waals surface area contributed by atoms with Crippen molar-refractivity contribution in [2.75, 3.05) is 5.73 Å². The molecule has 3 heteroatoms. The summed E-state index contributed by atoms with van der Waals surface area (Å²) in [5, 5.41) is 4.38. The second-order valence-corrected chi connectivity index (χ2v) is 4.24. The number of aromatic nitrogens is 2. The molecule has 0 radical (unpaired) electrons. The second-order valence-electron chi connectivity index (χ2n) is 4.24. The molecule has 0 amide bonds. The second kappa shape index (κ2) is 4.00. The molecule has 0 aliphatic carbocycles. The van der Waals surface area contributed by atoms with Gasteiger partial charge in [-0.3, -0.25) is 0 Å². The van der Waals surface area contributed by atoms with Crippen LogP contribution in [-0.2, 0) is 6.54 Å². The molecule has 0 fully saturated rings. The van der Waals surface area contributed by atoms with Crippen molar-refractivity contribution in [3.05, 3.63) is 46.6 Å². The van der Waals surface area contributed by atoms with Gasteiger partial charge in [0.1, 0.15) is 5.82 Å². The van der Waals surface area contributed by atoms with Crippen molar-refractivity contribution in [3.63, 3.8) is 0 Å². The molecule has 2 rings (SSSR count). The number of nitrogens with zero attached hydrogens (tertiary/aromatic N) is 2. The Morgan fingerprint density at radius 1 is 1.19 bits per heavy atom. The highest BCUT2D eigenvalue weighted by atomic mass is 15.3. The van der Waals surface area contributed by atoms with Crippen LogP contribution in [0.25, 0.3) is 0 Å². The van der Waals surface area contributed by atoms with Crippen LogP contribution in [0.4, 0.5) is 5.82 Å². The third-order valence-electron chi connectivity index (χ3n) is 2.89. The molecule has 1 aromatic carbocycles. The molecule has 0 spiro atoms. The minimum absolute atomic E-state index is 0.722. The van der Waals surface area contributed by atoms with E-state index in [4.69, 9.17) is 5.73 Å². The van der Waals surface area contributed by atoms with Gasteiger partial charge in [0, 0.05) is 6.07 Å². The maximum Gasteiger partial charge on any atom is 0.122 e. The Labute approximate surface area is 95.9 Å². The SMILES string of the molecule is Cc1cc(N)n(Cc2c(C)cccc2C)n1. The maximum absolute atomic E-state index is 5.89. The molecule has 0 aliphatic rings. The molecule has 84 valence electrons. The lowest BCUT2D eigenvalue weighted by atomic mass is 10.0. The first kappa shape index (κ1) is 10.7. The van der Waals surface area contributed by atoms with E-state index in [1.807, 2.05) is 17.7 Å². The smallest absolute Gasteiger partial charge is 0.122 e. The number of aryl methyl sites for hydroxylation is 3. The van der Waals surface area contributed by atoms with Gasteiger partial charge in [0.15, 0.2) is 0 Å². The number of nitrogens with two attached hydrogens (primary N) is 1. The van der Waals surface area contributed by atoms with Gasteiger partial charge >= 0.3 is 0 Å². The largest absolute Gasteiger partial charge is 0.384 e. The average Bonchev–Trinajstić information content (AvgIpc) is 2.51. The molecular formula is C13H17N3. The van der Waals surface area contributed by atoms with Crippen LogP contribution >= 0.6 is 0 Å². The maximum atomic E-state index is 5.89. The lowest BCUT2D eigenvalue weighted by molar-refractivity contribution is 0.683. The molecule has 0 bridgehead atoms. The van der Waals surface area contributed by atoms with E-state index in [0.717, 1.165) is 18.1 Å². The fraction of sp³-hybridized carbons (Fsp3) is 0.308. The Hall–Kier alpha value is -1.77. The van der Waals surface area contributed by atoms with Crippen LogP contribution in [0, 0.1) is 20.8 Å². The minimum Gasteiger partial charge on any atom is -0.384 e. The third kappa shape index (κ3) is 1.94. The van der Waals surface area contributed by atoms with Gasteiger partial charge < -0.3 is 5.73 Å². The molecule has 16 heavy (non-hydrogen) atoms. The number of benzene rings is 1. The van der Waals surface area contributed by atoms with E-state index in [9.17, 15) is 0 Å². The van der Waals surface area contributed by atoms with Gasteiger partial charge in [0.25, 0.3) is 0 Å². The van der Waals surface area contributed by atoms with Crippen molar-refractivity contribution < 1.29 is 0 Å². The quantitative estimate of drug-likeness (QED) is 0.836. The Morgan fingerprint density at radius 2 is 1.81 bits per heavy atom. The van der Waals surface area contributed by atoms with Gasteiger partial charge in [-0.05, 0) is 37.5 Å². The van der Waals surface area contributed by atoms with Crippen molar-refractivity contribution in [1.82, 2.24) is 9.78 Å². The zero-order chi connectivity index (χ0) is 11.7. The summed E-state index contributed by atoms with van der Waals surface area (Å²) in [5.41, 5.74) is 10.7. The van der Waals surface area contributed by atoms with E-state index in [1.165, 1.54) is 16.7 Å². The van der Waals surface area contributed by atoms with Crippen LogP contribution in [0.15, 0.2) is 24.3 Å². The Balaban J connectivity index is 2.37. The average molecular weight is 215 g/mol. The number of hydrogen-bond donors (Lipinski definition) is 1. The molecule has 3 nitrogen and oxygen atoms in total. The van der Waals surface area contributed by atoms with Crippen molar-refractivity contribution in [1.29, 1.82) is 0 Å². The number of anilines is 1. The summed E-state index contributed by atoms with van der Waals surface area (Å²) in [6.07, 6.45) is 0. The number of hydrogen-bond acceptors (Lipinski definition) is 2. The van der Waals surface area contributed by atoms with Gasteiger partial charge in [-0.25, -0.2) is 4.68 Å². The van der Waals surface area contributed by atoms with E-state index < -0.39 is 0 Å². The topological polar surface area (TPSA) is 43.8 Å². The first-order valence-corrected chi connectivity index (χ1v) is 5.43. The van der Waals surface area contributed by atoms with E-state index >= 15 is 0 Å². The van der Waals surface area contributed by atoms with E-state index in [-0.39, 0.29) is 0 Å². The highest BCUT2D eigenvalue weighted by Crippen LogP contribution is 2.16. The molecule has 2 N–H and O–H groups in total. The van der Waals surface area contributed by atoms with E-state index in [1.54, 1.807) is 0 Å². The van der Waals surface area contributed by atoms with Crippen molar-refractivity contribution in [2.45, 2.75) is 27.3 Å². The van der Waals surface area contributed by atoms with Crippen LogP contribution in [0.3, 0.4) is 0 Å². The molecule has 1 aromatic heterocycles. The van der Waals surface area contributed by atoms with Crippen LogP contribution in [-0.4, -0.2) is 9.78 Å². The van der Waals surface area contributed by atoms with E-state index in [2.05, 4.69) is 37.1 Å². The summed E-state index contributed by atoms with van der Waals surface area (Å²) in [6, 6.07) is 8.21. The molecule has 0 aliphatic heterocycles. The standard InChI is InChI=1S/C13H17N3/c1-9-5-4-6-10(2)12(9)8-16-13(14)7-11(3)15-16/h4-7H,8,14H2,1-3H3. The molecule has 0 saturated carbocycles. The Morgan fingerprint density at radius 3 is 2.31 bits per heavy atom. The third-order valence-corrected chi connectivity index (χ3v) is 2.89. The normalized spacial score (nSPS) is 10.7. The molecule has 0 saturated heterocycles. The molecule has 2 aromatic rings. The van der Waals surface area contributed by atoms with E-state index in [0.29, 0.717) is 0 Å². The predicted molar refractivity (Wildman–Crippen MR) is 66.4 cm³/mol. The van der Waals surface area contributed by atoms with Gasteiger partial charge in [-0.15, -0.1) is 0 Å². The lowest BCUT2D eigenvalue weighted by Gasteiger charge is -2.10. The van der Waals surface area contributed by atoms with Gasteiger partial charge in [-0.1, -0.05) is 18.2 Å². The first-order chi connectivity index (χ1) is 7.58. The summed E-state index contributed by atoms with van der Waals surface area (Å²) < 4.78 is 1.85. The molecular weight excluding hydrogens is 198 g/mol. The summed E-state index contributed by atoms with van der Waals surface area (Å²) in [5.74, 6) is 0.722. The van der Waals surface area contributed by atoms with Gasteiger partial charge in [-0.2, -0.15) is 5.10 Å². The van der Waals surface area contributed by atoms with Gasteiger partial charge in [0.2, 0.25) is 0 Å². The van der Waals surface area contributed by atoms with Crippen molar-refractivity contribution in [2.24, 2.45) is 0 Å². The molecule has 0 unspecified atom stereocenters. The summed E-state index contributed by atoms with van der Waals surface area (Å²) in [4.78, 5) is 0. The van der Waals surface area contributed by atoms with Crippen LogP contribution in [0.1, 0.15) is 22.4 Å². The monoisotopic (exact) mass is 215 g/mol. The number of nitrogen functional groups attached to an aromatic ring is 1. The summed E-state index contributed by atoms with van der Waals surface area (Å²) in [6.45, 7) is 6.94. The highest BCUT2D eigenvalue weighted by Gasteiger charge is 2.06. The molecule has 0 atom stereocenters. The van der Waals surface area contributed by atoms with Crippen molar-refractivity contribution >= 4 is 5.82 Å². The number of rotatable bonds is 2. The molecule has 1 heterocycles. The van der Waals surface area contributed by atoms with Crippen LogP contribution in [0.2, 0.25) is 0 Å². The van der Waals surface area contributed by atoms with Crippen LogP contribution < -0.4 is 5.73 Å². The Bertz CT molecular complexity index is 492. The zero-order valence-corrected chi connectivity index (χ0v) is 9.99. The minimum atomic E-state index is 0.722. The van der Waals surface area contributed by atoms with Gasteiger partial charge in [0.05, 0.1) is 12.2 Å². The zero-order valence-electron chi connectivity index (χ0n) is 9.99. The lowest BCUT2D eigenvalue weighted by Crippen LogP contribution is -2.08. The predicted octanol–water partition coefficient (Wildman–Crippen LogP) is 2.44.